The Hall–Kier alpha value is -3.34. The highest BCUT2D eigenvalue weighted by Gasteiger charge is 2.34. The van der Waals surface area contributed by atoms with E-state index < -0.39 is 23.3 Å². The summed E-state index contributed by atoms with van der Waals surface area (Å²) in [4.78, 5) is 24.4. The molecule has 2 N–H and O–H groups in total. The number of aryl methyl sites for hydroxylation is 1. The van der Waals surface area contributed by atoms with Crippen LogP contribution in [-0.2, 0) is 28.5 Å². The number of carbonyl (C=O) groups is 2. The molecule has 0 bridgehead atoms. The molecule has 0 spiro atoms. The van der Waals surface area contributed by atoms with E-state index in [-0.39, 0.29) is 12.5 Å². The van der Waals surface area contributed by atoms with Gasteiger partial charge >= 0.3 is 12.3 Å². The predicted octanol–water partition coefficient (Wildman–Crippen LogP) is 4.77. The molecule has 0 radical (unpaired) electrons. The van der Waals surface area contributed by atoms with Gasteiger partial charge in [0, 0.05) is 34.7 Å². The van der Waals surface area contributed by atoms with Crippen molar-refractivity contribution in [1.82, 2.24) is 15.5 Å². The van der Waals surface area contributed by atoms with E-state index in [1.807, 2.05) is 18.2 Å². The summed E-state index contributed by atoms with van der Waals surface area (Å²) in [5.41, 5.74) is 5.33. The second kappa shape index (κ2) is 8.46. The minimum absolute atomic E-state index is 0.189. The number of cyclic esters (lactones) is 1. The molecule has 7 nitrogen and oxygen atoms in total. The first-order valence-electron chi connectivity index (χ1n) is 10.8. The average Bonchev–Trinajstić information content (AvgIpc) is 3.48. The topological polar surface area (TPSA) is 87.3 Å². The molecule has 178 valence electrons. The molecule has 1 aliphatic carbocycles. The minimum Gasteiger partial charge on any atom is -0.442 e. The molecule has 1 unspecified atom stereocenters. The Kier molecular flexibility index (Phi) is 5.59. The minimum atomic E-state index is -4.38. The maximum absolute atomic E-state index is 13.1. The number of aromatic nitrogens is 2. The van der Waals surface area contributed by atoms with Crippen molar-refractivity contribution in [3.63, 3.8) is 0 Å². The van der Waals surface area contributed by atoms with Gasteiger partial charge in [0.25, 0.3) is 0 Å². The van der Waals surface area contributed by atoms with Crippen LogP contribution in [0.1, 0.15) is 29.3 Å². The van der Waals surface area contributed by atoms with E-state index in [1.54, 1.807) is 4.90 Å². The quantitative estimate of drug-likeness (QED) is 0.551. The van der Waals surface area contributed by atoms with Gasteiger partial charge < -0.3 is 10.1 Å². The zero-order valence-corrected chi connectivity index (χ0v) is 19.0. The van der Waals surface area contributed by atoms with Crippen LogP contribution in [0.2, 0.25) is 0 Å². The van der Waals surface area contributed by atoms with Gasteiger partial charge in [-0.25, -0.2) is 4.79 Å². The lowest BCUT2D eigenvalue weighted by molar-refractivity contribution is -0.134. The smallest absolute Gasteiger partial charge is 0.425 e. The van der Waals surface area contributed by atoms with E-state index >= 15 is 0 Å². The van der Waals surface area contributed by atoms with E-state index in [2.05, 4.69) is 15.5 Å². The number of fused-ring (bicyclic) bond motifs is 3. The van der Waals surface area contributed by atoms with Crippen molar-refractivity contribution in [2.24, 2.45) is 0 Å². The molecule has 5 rings (SSSR count). The predicted molar refractivity (Wildman–Crippen MR) is 121 cm³/mol. The molecular formula is C23H21F3N4O3S. The van der Waals surface area contributed by atoms with Crippen LogP contribution in [0.15, 0.2) is 29.6 Å². The second-order valence-corrected chi connectivity index (χ2v) is 9.28. The van der Waals surface area contributed by atoms with Gasteiger partial charge in [-0.1, -0.05) is 6.07 Å². The number of benzene rings is 1. The van der Waals surface area contributed by atoms with E-state index in [9.17, 15) is 22.8 Å². The number of ether oxygens (including phenoxy) is 1. The van der Waals surface area contributed by atoms with Crippen LogP contribution >= 0.6 is 11.3 Å². The highest BCUT2D eigenvalue weighted by Crippen LogP contribution is 2.41. The molecular weight excluding hydrogens is 469 g/mol. The number of thiophene rings is 1. The van der Waals surface area contributed by atoms with Crippen LogP contribution in [0.25, 0.3) is 22.5 Å². The third-order valence-corrected chi connectivity index (χ3v) is 6.99. The zero-order valence-electron chi connectivity index (χ0n) is 18.2. The van der Waals surface area contributed by atoms with Crippen molar-refractivity contribution < 1.29 is 27.5 Å². The van der Waals surface area contributed by atoms with Crippen LogP contribution in [0.3, 0.4) is 0 Å². The Morgan fingerprint density at radius 2 is 2.15 bits per heavy atom. The number of rotatable bonds is 4. The van der Waals surface area contributed by atoms with Gasteiger partial charge in [-0.3, -0.25) is 14.8 Å². The van der Waals surface area contributed by atoms with Crippen molar-refractivity contribution >= 4 is 29.0 Å². The van der Waals surface area contributed by atoms with Gasteiger partial charge in [-0.05, 0) is 43.0 Å². The molecule has 1 atom stereocenters. The number of H-pyrrole nitrogens is 1. The van der Waals surface area contributed by atoms with Crippen molar-refractivity contribution in [3.05, 3.63) is 45.6 Å². The summed E-state index contributed by atoms with van der Waals surface area (Å²) in [5.74, 6) is -0.189. The first-order valence-corrected chi connectivity index (χ1v) is 11.7. The van der Waals surface area contributed by atoms with E-state index in [0.717, 1.165) is 41.3 Å². The number of amides is 2. The second-order valence-electron chi connectivity index (χ2n) is 8.37. The fourth-order valence-electron chi connectivity index (χ4n) is 4.43. The van der Waals surface area contributed by atoms with Gasteiger partial charge in [-0.15, -0.1) is 11.3 Å². The van der Waals surface area contributed by atoms with Crippen LogP contribution < -0.4 is 10.2 Å². The van der Waals surface area contributed by atoms with Gasteiger partial charge in [0.15, 0.2) is 0 Å². The molecule has 11 heteroatoms. The molecule has 2 aromatic heterocycles. The number of hydrogen-bond donors (Lipinski definition) is 2. The third-order valence-electron chi connectivity index (χ3n) is 6.01. The lowest BCUT2D eigenvalue weighted by atomic mass is 10.00. The monoisotopic (exact) mass is 490 g/mol. The Balaban J connectivity index is 1.42. The fourth-order valence-corrected chi connectivity index (χ4v) is 5.19. The molecule has 3 heterocycles. The zero-order chi connectivity index (χ0) is 24.0. The molecule has 1 fully saturated rings. The fraction of sp³-hybridized carbons (Fsp3) is 0.348. The SMILES string of the molecule is CC(=O)NCC1CN(c2ccc3c(c2)CCCc2c(-c4csc(C(F)(F)F)c4)n[nH]c2-3)C(=O)O1. The Morgan fingerprint density at radius 1 is 1.32 bits per heavy atom. The summed E-state index contributed by atoms with van der Waals surface area (Å²) in [6.45, 7) is 1.99. The van der Waals surface area contributed by atoms with Crippen LogP contribution in [0, 0.1) is 0 Å². The Bertz CT molecular complexity index is 1270. The molecule has 0 saturated carbocycles. The number of aromatic amines is 1. The highest BCUT2D eigenvalue weighted by molar-refractivity contribution is 7.10. The summed E-state index contributed by atoms with van der Waals surface area (Å²) in [6, 6.07) is 6.81. The number of hydrogen-bond acceptors (Lipinski definition) is 5. The largest absolute Gasteiger partial charge is 0.442 e. The van der Waals surface area contributed by atoms with Crippen molar-refractivity contribution in [2.45, 2.75) is 38.5 Å². The maximum Gasteiger partial charge on any atom is 0.425 e. The number of nitrogens with one attached hydrogen (secondary N) is 2. The summed E-state index contributed by atoms with van der Waals surface area (Å²) < 4.78 is 44.6. The number of alkyl halides is 3. The van der Waals surface area contributed by atoms with Crippen LogP contribution in [0.5, 0.6) is 0 Å². The number of nitrogens with zero attached hydrogens (tertiary/aromatic N) is 2. The van der Waals surface area contributed by atoms with Crippen LogP contribution in [0.4, 0.5) is 23.7 Å². The van der Waals surface area contributed by atoms with Crippen LogP contribution in [-0.4, -0.2) is 41.4 Å². The highest BCUT2D eigenvalue weighted by atomic mass is 32.1. The van der Waals surface area contributed by atoms with E-state index in [1.165, 1.54) is 12.3 Å². The number of carbonyl (C=O) groups excluding carboxylic acids is 2. The average molecular weight is 491 g/mol. The van der Waals surface area contributed by atoms with E-state index in [0.29, 0.717) is 41.2 Å². The molecule has 2 amide bonds. The maximum atomic E-state index is 13.1. The summed E-state index contributed by atoms with van der Waals surface area (Å²) >= 11 is 0.666. The summed E-state index contributed by atoms with van der Waals surface area (Å²) in [6.07, 6.45) is -3.05. The number of anilines is 1. The van der Waals surface area contributed by atoms with Gasteiger partial charge in [-0.2, -0.15) is 18.3 Å². The Morgan fingerprint density at radius 3 is 2.88 bits per heavy atom. The summed E-state index contributed by atoms with van der Waals surface area (Å²) in [7, 11) is 0. The van der Waals surface area contributed by atoms with Crippen molar-refractivity contribution in [3.8, 4) is 22.5 Å². The van der Waals surface area contributed by atoms with Crippen molar-refractivity contribution in [1.29, 1.82) is 0 Å². The summed E-state index contributed by atoms with van der Waals surface area (Å²) in [5, 5.41) is 11.5. The van der Waals surface area contributed by atoms with Crippen molar-refractivity contribution in [2.75, 3.05) is 18.0 Å². The molecule has 1 aliphatic heterocycles. The lowest BCUT2D eigenvalue weighted by Gasteiger charge is -2.16. The number of halogens is 3. The van der Waals surface area contributed by atoms with Gasteiger partial charge in [0.05, 0.1) is 24.5 Å². The molecule has 3 aromatic rings. The first-order chi connectivity index (χ1) is 16.2. The standard InChI is InChI=1S/C23H21F3N4O3S/c1-12(31)27-9-16-10-30(22(32)33-16)15-5-6-17-13(7-15)3-2-4-18-20(28-29-21(17)18)14-8-19(34-11-14)23(24,25)26/h5-8,11,16H,2-4,9-10H2,1H3,(H,27,31)(H,28,29). The van der Waals surface area contributed by atoms with Gasteiger partial charge in [0.1, 0.15) is 11.0 Å². The molecule has 2 aliphatic rings. The first kappa shape index (κ1) is 22.5. The lowest BCUT2D eigenvalue weighted by Crippen LogP contribution is -2.33. The Labute approximate surface area is 196 Å². The van der Waals surface area contributed by atoms with Gasteiger partial charge in [0.2, 0.25) is 5.91 Å². The van der Waals surface area contributed by atoms with E-state index in [4.69, 9.17) is 4.74 Å². The molecule has 1 saturated heterocycles. The molecule has 34 heavy (non-hydrogen) atoms. The third kappa shape index (κ3) is 4.15. The molecule has 1 aromatic carbocycles. The normalized spacial score (nSPS) is 17.7.